The van der Waals surface area contributed by atoms with E-state index < -0.39 is 0 Å². The number of hydrogen-bond acceptors (Lipinski definition) is 3. The Morgan fingerprint density at radius 3 is 2.62 bits per heavy atom. The smallest absolute Gasteiger partial charge is 0.295 e. The lowest BCUT2D eigenvalue weighted by Crippen LogP contribution is -2.29. The quantitative estimate of drug-likeness (QED) is 0.454. The molecule has 7 heteroatoms. The zero-order chi connectivity index (χ0) is 21.1. The summed E-state index contributed by atoms with van der Waals surface area (Å²) in [6.07, 6.45) is 4.00. The lowest BCUT2D eigenvalue weighted by Gasteiger charge is -2.22. The van der Waals surface area contributed by atoms with Crippen LogP contribution in [0, 0.1) is 12.8 Å². The number of anilines is 1. The fourth-order valence-electron chi connectivity index (χ4n) is 3.40. The van der Waals surface area contributed by atoms with Gasteiger partial charge in [0.1, 0.15) is 5.69 Å². The van der Waals surface area contributed by atoms with Crippen molar-refractivity contribution < 1.29 is 0 Å². The van der Waals surface area contributed by atoms with E-state index in [9.17, 15) is 4.79 Å². The van der Waals surface area contributed by atoms with Gasteiger partial charge in [0.15, 0.2) is 5.11 Å². The summed E-state index contributed by atoms with van der Waals surface area (Å²) < 4.78 is 3.41. The van der Waals surface area contributed by atoms with Gasteiger partial charge < -0.3 is 5.32 Å². The molecule has 3 rings (SSSR count). The number of nitrogens with one attached hydrogen (secondary N) is 2. The number of benzene rings is 1. The van der Waals surface area contributed by atoms with Gasteiger partial charge in [-0.25, -0.2) is 4.68 Å². The van der Waals surface area contributed by atoms with E-state index >= 15 is 0 Å². The number of aromatic nitrogens is 2. The molecule has 2 aromatic rings. The number of allylic oxidation sites excluding steroid dienone is 3. The molecule has 0 radical (unpaired) electrons. The summed E-state index contributed by atoms with van der Waals surface area (Å²) in [6, 6.07) is 9.50. The molecule has 152 valence electrons. The van der Waals surface area contributed by atoms with Gasteiger partial charge in [-0.3, -0.25) is 14.9 Å². The molecule has 0 amide bonds. The standard InChI is InChI=1S/C22H27N5OS/c1-14(2)17-12-11-15(3)19(13-17)24-25-22(29)23-20-16(4)26(5)27(21(20)28)18-9-7-6-8-10-18/h6-11,17H,1,12-13H2,2-5H3,(H2,23,25,29)/b24-19-/t17-/m0/s1. The second-order valence-corrected chi connectivity index (χ2v) is 7.84. The lowest BCUT2D eigenvalue weighted by atomic mass is 9.85. The topological polar surface area (TPSA) is 63.4 Å². The molecule has 6 nitrogen and oxygen atoms in total. The molecule has 1 aromatic carbocycles. The molecule has 2 N–H and O–H groups in total. The fraction of sp³-hybridized carbons (Fsp3) is 0.318. The molecule has 1 atom stereocenters. The van der Waals surface area contributed by atoms with Crippen LogP contribution < -0.4 is 16.3 Å². The number of rotatable bonds is 4. The van der Waals surface area contributed by atoms with E-state index in [2.05, 4.69) is 28.5 Å². The minimum absolute atomic E-state index is 0.163. The minimum Gasteiger partial charge on any atom is -0.325 e. The summed E-state index contributed by atoms with van der Waals surface area (Å²) in [5, 5.41) is 7.78. The van der Waals surface area contributed by atoms with Gasteiger partial charge in [-0.05, 0) is 69.5 Å². The van der Waals surface area contributed by atoms with Crippen LogP contribution in [-0.4, -0.2) is 20.2 Å². The van der Waals surface area contributed by atoms with E-state index in [0.29, 0.717) is 11.6 Å². The van der Waals surface area contributed by atoms with Crippen molar-refractivity contribution >= 4 is 28.7 Å². The van der Waals surface area contributed by atoms with Crippen LogP contribution in [-0.2, 0) is 7.05 Å². The zero-order valence-electron chi connectivity index (χ0n) is 17.3. The van der Waals surface area contributed by atoms with Crippen LogP contribution in [0.4, 0.5) is 5.69 Å². The monoisotopic (exact) mass is 409 g/mol. The Kier molecular flexibility index (Phi) is 6.17. The van der Waals surface area contributed by atoms with Gasteiger partial charge in [-0.1, -0.05) is 36.4 Å². The molecule has 0 fully saturated rings. The average Bonchev–Trinajstić information content (AvgIpc) is 2.91. The highest BCUT2D eigenvalue weighted by Gasteiger charge is 2.19. The Balaban J connectivity index is 1.78. The van der Waals surface area contributed by atoms with Crippen molar-refractivity contribution in [2.75, 3.05) is 5.32 Å². The Labute approximate surface area is 176 Å². The number of para-hydroxylation sites is 1. The predicted molar refractivity (Wildman–Crippen MR) is 124 cm³/mol. The Bertz CT molecular complexity index is 1060. The van der Waals surface area contributed by atoms with Gasteiger partial charge in [-0.2, -0.15) is 5.10 Å². The van der Waals surface area contributed by atoms with Crippen LogP contribution in [0.5, 0.6) is 0 Å². The normalized spacial score (nSPS) is 17.7. The van der Waals surface area contributed by atoms with E-state index in [1.165, 1.54) is 0 Å². The maximum atomic E-state index is 13.0. The van der Waals surface area contributed by atoms with Crippen molar-refractivity contribution in [3.63, 3.8) is 0 Å². The number of thiocarbonyl (C=S) groups is 1. The van der Waals surface area contributed by atoms with E-state index in [1.54, 1.807) is 9.36 Å². The third kappa shape index (κ3) is 4.40. The van der Waals surface area contributed by atoms with Crippen LogP contribution in [0.1, 0.15) is 32.4 Å². The second kappa shape index (κ2) is 8.61. The van der Waals surface area contributed by atoms with Crippen LogP contribution in [0.25, 0.3) is 5.69 Å². The Hall–Kier alpha value is -2.93. The summed E-state index contributed by atoms with van der Waals surface area (Å²) >= 11 is 5.39. The molecule has 0 unspecified atom stereocenters. The van der Waals surface area contributed by atoms with Gasteiger partial charge in [0.25, 0.3) is 5.56 Å². The van der Waals surface area contributed by atoms with Crippen LogP contribution >= 0.6 is 12.2 Å². The van der Waals surface area contributed by atoms with Gasteiger partial charge >= 0.3 is 0 Å². The maximum Gasteiger partial charge on any atom is 0.295 e. The molecular formula is C22H27N5OS. The first-order chi connectivity index (χ1) is 13.8. The first-order valence-electron chi connectivity index (χ1n) is 9.59. The van der Waals surface area contributed by atoms with Crippen molar-refractivity contribution in [3.05, 3.63) is 70.2 Å². The summed E-state index contributed by atoms with van der Waals surface area (Å²) in [7, 11) is 1.85. The number of hydrogen-bond donors (Lipinski definition) is 2. The predicted octanol–water partition coefficient (Wildman–Crippen LogP) is 4.06. The summed E-state index contributed by atoms with van der Waals surface area (Å²) in [5.74, 6) is 0.398. The third-order valence-electron chi connectivity index (χ3n) is 5.39. The highest BCUT2D eigenvalue weighted by Crippen LogP contribution is 2.26. The largest absolute Gasteiger partial charge is 0.325 e. The lowest BCUT2D eigenvalue weighted by molar-refractivity contribution is 0.630. The molecule has 0 spiro atoms. The fourth-order valence-corrected chi connectivity index (χ4v) is 3.54. The van der Waals surface area contributed by atoms with Crippen LogP contribution in [0.3, 0.4) is 0 Å². The minimum atomic E-state index is -0.163. The molecule has 1 aliphatic rings. The first kappa shape index (κ1) is 20.8. The molecule has 0 saturated heterocycles. The summed E-state index contributed by atoms with van der Waals surface area (Å²) in [5.41, 5.74) is 8.00. The van der Waals surface area contributed by atoms with Crippen molar-refractivity contribution in [3.8, 4) is 5.69 Å². The molecular weight excluding hydrogens is 382 g/mol. The summed E-state index contributed by atoms with van der Waals surface area (Å²) in [6.45, 7) is 10.0. The van der Waals surface area contributed by atoms with Gasteiger partial charge in [-0.15, -0.1) is 0 Å². The molecule has 29 heavy (non-hydrogen) atoms. The molecule has 0 bridgehead atoms. The van der Waals surface area contributed by atoms with Crippen molar-refractivity contribution in [1.82, 2.24) is 14.8 Å². The Morgan fingerprint density at radius 2 is 1.97 bits per heavy atom. The molecule has 1 aromatic heterocycles. The summed E-state index contributed by atoms with van der Waals surface area (Å²) in [4.78, 5) is 13.0. The second-order valence-electron chi connectivity index (χ2n) is 7.43. The van der Waals surface area contributed by atoms with Crippen LogP contribution in [0.2, 0.25) is 0 Å². The van der Waals surface area contributed by atoms with E-state index in [-0.39, 0.29) is 10.7 Å². The third-order valence-corrected chi connectivity index (χ3v) is 5.58. The first-order valence-corrected chi connectivity index (χ1v) is 10.0. The Morgan fingerprint density at radius 1 is 1.28 bits per heavy atom. The molecule has 0 aliphatic heterocycles. The average molecular weight is 410 g/mol. The van der Waals surface area contributed by atoms with E-state index in [1.807, 2.05) is 58.2 Å². The molecule has 1 heterocycles. The SMILES string of the molecule is C=C(C)[C@H]1CC=C(C)/C(=N\NC(=S)Nc2c(C)n(C)n(-c3ccccc3)c2=O)C1. The number of nitrogens with zero attached hydrogens (tertiary/aromatic N) is 3. The van der Waals surface area contributed by atoms with Gasteiger partial charge in [0, 0.05) is 7.05 Å². The van der Waals surface area contributed by atoms with Crippen LogP contribution in [0.15, 0.2) is 64.0 Å². The molecule has 0 saturated carbocycles. The number of hydrazone groups is 1. The van der Waals surface area contributed by atoms with E-state index in [0.717, 1.165) is 41.1 Å². The zero-order valence-corrected chi connectivity index (χ0v) is 18.1. The maximum absolute atomic E-state index is 13.0. The van der Waals surface area contributed by atoms with Gasteiger partial charge in [0.05, 0.1) is 17.1 Å². The van der Waals surface area contributed by atoms with Crippen molar-refractivity contribution in [2.24, 2.45) is 18.1 Å². The highest BCUT2D eigenvalue weighted by molar-refractivity contribution is 7.80. The van der Waals surface area contributed by atoms with Gasteiger partial charge in [0.2, 0.25) is 0 Å². The van der Waals surface area contributed by atoms with Crippen molar-refractivity contribution in [2.45, 2.75) is 33.6 Å². The molecule has 1 aliphatic carbocycles. The highest BCUT2D eigenvalue weighted by atomic mass is 32.1. The van der Waals surface area contributed by atoms with Crippen molar-refractivity contribution in [1.29, 1.82) is 0 Å². The van der Waals surface area contributed by atoms with E-state index in [4.69, 9.17) is 12.2 Å².